The zero-order valence-electron chi connectivity index (χ0n) is 30.7. The number of aliphatic hydroxyl groups is 2. The maximum absolute atomic E-state index is 12.3. The second kappa shape index (κ2) is 37.6. The number of unbranched alkanes of at least 4 members (excludes halogenated alkanes) is 28. The highest BCUT2D eigenvalue weighted by atomic mass is 16.3. The third kappa shape index (κ3) is 34.3. The molecule has 0 bridgehead atoms. The van der Waals surface area contributed by atoms with Crippen LogP contribution >= 0.6 is 0 Å². The summed E-state index contributed by atoms with van der Waals surface area (Å²) >= 11 is 0. The molecule has 3 N–H and O–H groups in total. The fraction of sp³-hybridized carbons (Fsp3) is 0.927. The van der Waals surface area contributed by atoms with E-state index in [4.69, 9.17) is 0 Å². The SMILES string of the molecule is CCCCCCCCCC/C=C\CCCCCCCCCCCCCCCC(=O)NC(CO)C(O)CCCCCCCCCC. The standard InChI is InChI=1S/C41H81NO3/c1-3-5-7-9-11-13-14-15-16-17-18-19-20-21-22-23-24-25-26-27-28-29-31-33-35-37-41(45)42-39(38-43)40(44)36-34-32-30-12-10-8-6-4-2/h17-18,39-40,43-44H,3-16,19-38H2,1-2H3,(H,42,45)/b18-17-. The Hall–Kier alpha value is -0.870. The summed E-state index contributed by atoms with van der Waals surface area (Å²) < 4.78 is 0. The van der Waals surface area contributed by atoms with E-state index in [1.54, 1.807) is 0 Å². The number of carbonyl (C=O) groups is 1. The first-order valence-corrected chi connectivity index (χ1v) is 20.4. The van der Waals surface area contributed by atoms with Gasteiger partial charge < -0.3 is 15.5 Å². The summed E-state index contributed by atoms with van der Waals surface area (Å²) in [7, 11) is 0. The molecular weight excluding hydrogens is 554 g/mol. The van der Waals surface area contributed by atoms with Gasteiger partial charge in [-0.25, -0.2) is 0 Å². The molecule has 0 aliphatic heterocycles. The first-order valence-electron chi connectivity index (χ1n) is 20.4. The summed E-state index contributed by atoms with van der Waals surface area (Å²) in [4.78, 5) is 12.3. The number of allylic oxidation sites excluding steroid dienone is 2. The number of rotatable bonds is 37. The van der Waals surface area contributed by atoms with E-state index in [1.807, 2.05) is 0 Å². The number of hydrogen-bond donors (Lipinski definition) is 3. The Morgan fingerprint density at radius 1 is 0.511 bits per heavy atom. The molecule has 0 rings (SSSR count). The van der Waals surface area contributed by atoms with Crippen molar-refractivity contribution < 1.29 is 15.0 Å². The van der Waals surface area contributed by atoms with Crippen LogP contribution in [-0.4, -0.2) is 34.9 Å². The zero-order chi connectivity index (χ0) is 32.9. The molecule has 45 heavy (non-hydrogen) atoms. The molecule has 0 spiro atoms. The van der Waals surface area contributed by atoms with Crippen LogP contribution in [0.5, 0.6) is 0 Å². The van der Waals surface area contributed by atoms with Crippen LogP contribution in [0.25, 0.3) is 0 Å². The Morgan fingerprint density at radius 2 is 0.844 bits per heavy atom. The van der Waals surface area contributed by atoms with Crippen molar-refractivity contribution in [2.24, 2.45) is 0 Å². The molecule has 0 aromatic heterocycles. The van der Waals surface area contributed by atoms with E-state index in [1.165, 1.54) is 173 Å². The van der Waals surface area contributed by atoms with Crippen LogP contribution < -0.4 is 5.32 Å². The van der Waals surface area contributed by atoms with Gasteiger partial charge >= 0.3 is 0 Å². The molecule has 0 aromatic rings. The van der Waals surface area contributed by atoms with Gasteiger partial charge in [0.2, 0.25) is 5.91 Å². The fourth-order valence-electron chi connectivity index (χ4n) is 6.36. The quantitative estimate of drug-likeness (QED) is 0.0470. The molecule has 0 aromatic carbocycles. The summed E-state index contributed by atoms with van der Waals surface area (Å²) in [5.74, 6) is -0.0328. The highest BCUT2D eigenvalue weighted by Crippen LogP contribution is 2.15. The zero-order valence-corrected chi connectivity index (χ0v) is 30.7. The van der Waals surface area contributed by atoms with E-state index in [-0.39, 0.29) is 12.5 Å². The van der Waals surface area contributed by atoms with Crippen molar-refractivity contribution in [3.8, 4) is 0 Å². The van der Waals surface area contributed by atoms with Crippen molar-refractivity contribution >= 4 is 5.91 Å². The molecule has 0 fully saturated rings. The normalized spacial score (nSPS) is 13.1. The highest BCUT2D eigenvalue weighted by Gasteiger charge is 2.19. The van der Waals surface area contributed by atoms with Crippen molar-refractivity contribution in [2.75, 3.05) is 6.61 Å². The number of amides is 1. The molecular formula is C41H81NO3. The molecule has 0 aliphatic carbocycles. The van der Waals surface area contributed by atoms with Gasteiger partial charge in [0.25, 0.3) is 0 Å². The predicted molar refractivity (Wildman–Crippen MR) is 198 cm³/mol. The Bertz CT molecular complexity index is 608. The van der Waals surface area contributed by atoms with Gasteiger partial charge in [-0.05, 0) is 38.5 Å². The first-order chi connectivity index (χ1) is 22.2. The van der Waals surface area contributed by atoms with Crippen molar-refractivity contribution in [1.82, 2.24) is 5.32 Å². The maximum Gasteiger partial charge on any atom is 0.220 e. The minimum absolute atomic E-state index is 0.0328. The van der Waals surface area contributed by atoms with Crippen molar-refractivity contribution in [2.45, 2.75) is 238 Å². The van der Waals surface area contributed by atoms with E-state index in [9.17, 15) is 15.0 Å². The average molecular weight is 636 g/mol. The Balaban J connectivity index is 3.42. The lowest BCUT2D eigenvalue weighted by atomic mass is 10.0. The summed E-state index contributed by atoms with van der Waals surface area (Å²) in [6, 6.07) is -0.529. The minimum Gasteiger partial charge on any atom is -0.394 e. The summed E-state index contributed by atoms with van der Waals surface area (Å²) in [5, 5.41) is 22.9. The van der Waals surface area contributed by atoms with Gasteiger partial charge in [0.15, 0.2) is 0 Å². The Kier molecular flexibility index (Phi) is 36.9. The van der Waals surface area contributed by atoms with E-state index in [0.29, 0.717) is 12.8 Å². The molecule has 0 saturated carbocycles. The van der Waals surface area contributed by atoms with E-state index >= 15 is 0 Å². The third-order valence-electron chi connectivity index (χ3n) is 9.53. The lowest BCUT2D eigenvalue weighted by Gasteiger charge is -2.22. The first kappa shape index (κ1) is 44.1. The second-order valence-electron chi connectivity index (χ2n) is 14.1. The molecule has 4 heteroatoms. The Morgan fingerprint density at radius 3 is 1.22 bits per heavy atom. The monoisotopic (exact) mass is 636 g/mol. The second-order valence-corrected chi connectivity index (χ2v) is 14.1. The molecule has 0 aliphatic rings. The molecule has 0 saturated heterocycles. The maximum atomic E-state index is 12.3. The number of nitrogens with one attached hydrogen (secondary N) is 1. The predicted octanol–water partition coefficient (Wildman–Crippen LogP) is 12.3. The molecule has 0 heterocycles. The average Bonchev–Trinajstić information content (AvgIpc) is 3.04. The fourth-order valence-corrected chi connectivity index (χ4v) is 6.36. The topological polar surface area (TPSA) is 69.6 Å². The number of hydrogen-bond acceptors (Lipinski definition) is 3. The van der Waals surface area contributed by atoms with Crippen molar-refractivity contribution in [1.29, 1.82) is 0 Å². The highest BCUT2D eigenvalue weighted by molar-refractivity contribution is 5.76. The van der Waals surface area contributed by atoms with Crippen LogP contribution in [-0.2, 0) is 4.79 Å². The van der Waals surface area contributed by atoms with Crippen LogP contribution in [0.2, 0.25) is 0 Å². The van der Waals surface area contributed by atoms with Crippen LogP contribution in [0.15, 0.2) is 12.2 Å². The molecule has 2 atom stereocenters. The van der Waals surface area contributed by atoms with Gasteiger partial charge in [-0.15, -0.1) is 0 Å². The van der Waals surface area contributed by atoms with E-state index in [2.05, 4.69) is 31.3 Å². The smallest absolute Gasteiger partial charge is 0.220 e. The molecule has 0 radical (unpaired) electrons. The minimum atomic E-state index is -0.652. The van der Waals surface area contributed by atoms with Crippen LogP contribution in [0.4, 0.5) is 0 Å². The summed E-state index contributed by atoms with van der Waals surface area (Å²) in [6.45, 7) is 4.33. The van der Waals surface area contributed by atoms with Gasteiger partial charge in [-0.3, -0.25) is 4.79 Å². The van der Waals surface area contributed by atoms with Crippen molar-refractivity contribution in [3.63, 3.8) is 0 Å². The third-order valence-corrected chi connectivity index (χ3v) is 9.53. The van der Waals surface area contributed by atoms with Crippen LogP contribution in [0.3, 0.4) is 0 Å². The molecule has 268 valence electrons. The van der Waals surface area contributed by atoms with Gasteiger partial charge in [0, 0.05) is 6.42 Å². The van der Waals surface area contributed by atoms with Gasteiger partial charge in [-0.2, -0.15) is 0 Å². The van der Waals surface area contributed by atoms with Gasteiger partial charge in [0.1, 0.15) is 0 Å². The van der Waals surface area contributed by atoms with Crippen LogP contribution in [0, 0.1) is 0 Å². The Labute approximate surface area is 282 Å². The number of aliphatic hydroxyl groups excluding tert-OH is 2. The molecule has 1 amide bonds. The van der Waals surface area contributed by atoms with Gasteiger partial charge in [-0.1, -0.05) is 193 Å². The largest absolute Gasteiger partial charge is 0.394 e. The molecule has 4 nitrogen and oxygen atoms in total. The lowest BCUT2D eigenvalue weighted by molar-refractivity contribution is -0.123. The summed E-state index contributed by atoms with van der Waals surface area (Å²) in [5.41, 5.74) is 0. The van der Waals surface area contributed by atoms with Crippen LogP contribution in [0.1, 0.15) is 226 Å². The summed E-state index contributed by atoms with van der Waals surface area (Å²) in [6.07, 6.45) is 45.8. The van der Waals surface area contributed by atoms with Gasteiger partial charge in [0.05, 0.1) is 18.8 Å². The van der Waals surface area contributed by atoms with E-state index in [0.717, 1.165) is 25.7 Å². The lowest BCUT2D eigenvalue weighted by Crippen LogP contribution is -2.45. The van der Waals surface area contributed by atoms with Crippen molar-refractivity contribution in [3.05, 3.63) is 12.2 Å². The number of carbonyl (C=O) groups excluding carboxylic acids is 1. The van der Waals surface area contributed by atoms with E-state index < -0.39 is 12.1 Å². The molecule has 2 unspecified atom stereocenters.